The van der Waals surface area contributed by atoms with E-state index in [0.29, 0.717) is 5.69 Å². The molecule has 0 aliphatic heterocycles. The first-order valence-corrected chi connectivity index (χ1v) is 4.86. The van der Waals surface area contributed by atoms with E-state index in [0.717, 1.165) is 5.03 Å². The number of nitrogens with one attached hydrogen (secondary N) is 1. The second-order valence-corrected chi connectivity index (χ2v) is 3.11. The van der Waals surface area contributed by atoms with Gasteiger partial charge in [-0.1, -0.05) is 0 Å². The smallest absolute Gasteiger partial charge is 0.193 e. The van der Waals surface area contributed by atoms with Crippen LogP contribution in [0.3, 0.4) is 0 Å². The van der Waals surface area contributed by atoms with Crippen molar-refractivity contribution in [1.82, 2.24) is 4.98 Å². The predicted octanol–water partition coefficient (Wildman–Crippen LogP) is 2.16. The number of hydrogen-bond acceptors (Lipinski definition) is 2. The lowest BCUT2D eigenvalue weighted by molar-refractivity contribution is 0.101. The summed E-state index contributed by atoms with van der Waals surface area (Å²) in [6.07, 6.45) is 1.95. The molecule has 1 aromatic rings. The Labute approximate surface area is 74.3 Å². The molecule has 0 aliphatic carbocycles. The Balaban J connectivity index is 2.80. The Morgan fingerprint density at radius 2 is 2.45 bits per heavy atom. The zero-order chi connectivity index (χ0) is 8.27. The number of ketones is 1. The minimum Gasteiger partial charge on any atom is -0.347 e. The maximum atomic E-state index is 11.0. The second-order valence-electron chi connectivity index (χ2n) is 2.00. The lowest BCUT2D eigenvalue weighted by Gasteiger charge is -1.90. The van der Waals surface area contributed by atoms with Crippen molar-refractivity contribution in [3.63, 3.8) is 0 Å². The highest BCUT2D eigenvalue weighted by molar-refractivity contribution is 7.98. The van der Waals surface area contributed by atoms with Gasteiger partial charge in [0.25, 0.3) is 0 Å². The van der Waals surface area contributed by atoms with Crippen molar-refractivity contribution in [2.75, 3.05) is 12.1 Å². The maximum Gasteiger partial charge on any atom is 0.193 e. The standard InChI is InChI=1S/C7H8ClNOS/c1-11-7-3-2-5(9-7)6(10)4-8/h2-3,9H,4H2,1H3. The number of aromatic nitrogens is 1. The number of Topliss-reactive ketones (excluding diaryl/α,β-unsaturated/α-hetero) is 1. The van der Waals surface area contributed by atoms with E-state index in [4.69, 9.17) is 11.6 Å². The first kappa shape index (κ1) is 8.68. The lowest BCUT2D eigenvalue weighted by atomic mass is 10.3. The Bertz CT molecular complexity index is 259. The highest BCUT2D eigenvalue weighted by atomic mass is 35.5. The third-order valence-corrected chi connectivity index (χ3v) is 2.22. The molecule has 0 spiro atoms. The van der Waals surface area contributed by atoms with Crippen molar-refractivity contribution in [3.05, 3.63) is 17.8 Å². The molecule has 0 saturated heterocycles. The molecule has 11 heavy (non-hydrogen) atoms. The number of rotatable bonds is 3. The van der Waals surface area contributed by atoms with Gasteiger partial charge in [0, 0.05) is 0 Å². The van der Waals surface area contributed by atoms with Crippen LogP contribution < -0.4 is 0 Å². The monoisotopic (exact) mass is 189 g/mol. The Kier molecular flexibility index (Phi) is 3.02. The SMILES string of the molecule is CSc1ccc(C(=O)CCl)[nH]1. The van der Waals surface area contributed by atoms with Crippen LogP contribution in [0.5, 0.6) is 0 Å². The molecule has 2 nitrogen and oxygen atoms in total. The third-order valence-electron chi connectivity index (χ3n) is 1.30. The quantitative estimate of drug-likeness (QED) is 0.449. The molecule has 4 heteroatoms. The molecule has 1 aromatic heterocycles. The van der Waals surface area contributed by atoms with E-state index in [1.165, 1.54) is 0 Å². The Morgan fingerprint density at radius 3 is 2.91 bits per heavy atom. The van der Waals surface area contributed by atoms with Crippen molar-refractivity contribution in [1.29, 1.82) is 0 Å². The van der Waals surface area contributed by atoms with Gasteiger partial charge < -0.3 is 4.98 Å². The van der Waals surface area contributed by atoms with Crippen molar-refractivity contribution in [2.24, 2.45) is 0 Å². The molecule has 0 fully saturated rings. The van der Waals surface area contributed by atoms with Crippen molar-refractivity contribution < 1.29 is 4.79 Å². The van der Waals surface area contributed by atoms with E-state index in [2.05, 4.69) is 4.98 Å². The van der Waals surface area contributed by atoms with Gasteiger partial charge in [0.1, 0.15) is 0 Å². The molecule has 1 N–H and O–H groups in total. The van der Waals surface area contributed by atoms with Crippen molar-refractivity contribution >= 4 is 29.1 Å². The van der Waals surface area contributed by atoms with Gasteiger partial charge in [-0.25, -0.2) is 0 Å². The molecule has 0 amide bonds. The van der Waals surface area contributed by atoms with Gasteiger partial charge in [0.2, 0.25) is 0 Å². The summed E-state index contributed by atoms with van der Waals surface area (Å²) in [7, 11) is 0. The summed E-state index contributed by atoms with van der Waals surface area (Å²) in [5.41, 5.74) is 0.587. The van der Waals surface area contributed by atoms with Crippen LogP contribution in [0.2, 0.25) is 0 Å². The Hall–Kier alpha value is -0.410. The second kappa shape index (κ2) is 3.83. The third kappa shape index (κ3) is 2.01. The van der Waals surface area contributed by atoms with E-state index in [9.17, 15) is 4.79 Å². The van der Waals surface area contributed by atoms with Crippen LogP contribution in [-0.4, -0.2) is 22.9 Å². The van der Waals surface area contributed by atoms with Gasteiger partial charge in [0.05, 0.1) is 16.6 Å². The summed E-state index contributed by atoms with van der Waals surface area (Å²) in [6, 6.07) is 3.61. The van der Waals surface area contributed by atoms with Crippen LogP contribution in [0.1, 0.15) is 10.5 Å². The largest absolute Gasteiger partial charge is 0.347 e. The average molecular weight is 190 g/mol. The van der Waals surface area contributed by atoms with Crippen LogP contribution in [0, 0.1) is 0 Å². The van der Waals surface area contributed by atoms with Gasteiger partial charge in [-0.15, -0.1) is 23.4 Å². The average Bonchev–Trinajstić information content (AvgIpc) is 2.50. The zero-order valence-electron chi connectivity index (χ0n) is 6.06. The zero-order valence-corrected chi connectivity index (χ0v) is 7.63. The van der Waals surface area contributed by atoms with Crippen LogP contribution in [-0.2, 0) is 0 Å². The molecule has 0 radical (unpaired) electrons. The number of aromatic amines is 1. The fourth-order valence-corrected chi connectivity index (χ4v) is 1.29. The minimum absolute atomic E-state index is 0.0360. The molecule has 0 aromatic carbocycles. The van der Waals surface area contributed by atoms with Gasteiger partial charge in [-0.05, 0) is 18.4 Å². The number of carbonyl (C=O) groups excluding carboxylic acids is 1. The van der Waals surface area contributed by atoms with Gasteiger partial charge in [-0.2, -0.15) is 0 Å². The normalized spacial score (nSPS) is 10.0. The molecule has 0 aliphatic rings. The molecule has 0 saturated carbocycles. The number of thioether (sulfide) groups is 1. The van der Waals surface area contributed by atoms with E-state index in [-0.39, 0.29) is 11.7 Å². The minimum atomic E-state index is -0.0630. The summed E-state index contributed by atoms with van der Waals surface area (Å²) < 4.78 is 0. The molecular formula is C7H8ClNOS. The molecule has 1 heterocycles. The van der Waals surface area contributed by atoms with E-state index < -0.39 is 0 Å². The highest BCUT2D eigenvalue weighted by Crippen LogP contribution is 2.13. The summed E-state index contributed by atoms with van der Waals surface area (Å²) in [6.45, 7) is 0. The first-order chi connectivity index (χ1) is 5.27. The van der Waals surface area contributed by atoms with Crippen LogP contribution in [0.4, 0.5) is 0 Å². The van der Waals surface area contributed by atoms with Crippen molar-refractivity contribution in [3.8, 4) is 0 Å². The van der Waals surface area contributed by atoms with Crippen molar-refractivity contribution in [2.45, 2.75) is 5.03 Å². The van der Waals surface area contributed by atoms with E-state index >= 15 is 0 Å². The Morgan fingerprint density at radius 1 is 1.73 bits per heavy atom. The van der Waals surface area contributed by atoms with E-state index in [1.807, 2.05) is 12.3 Å². The molecule has 0 bridgehead atoms. The summed E-state index contributed by atoms with van der Waals surface area (Å²) in [5.74, 6) is -0.0269. The molecule has 0 atom stereocenters. The number of hydrogen-bond donors (Lipinski definition) is 1. The van der Waals surface area contributed by atoms with Crippen LogP contribution in [0.15, 0.2) is 17.2 Å². The van der Waals surface area contributed by atoms with Gasteiger partial charge >= 0.3 is 0 Å². The fraction of sp³-hybridized carbons (Fsp3) is 0.286. The summed E-state index contributed by atoms with van der Waals surface area (Å²) >= 11 is 6.93. The van der Waals surface area contributed by atoms with Crippen LogP contribution >= 0.6 is 23.4 Å². The number of H-pyrrole nitrogens is 1. The number of carbonyl (C=O) groups is 1. The lowest BCUT2D eigenvalue weighted by Crippen LogP contribution is -1.99. The van der Waals surface area contributed by atoms with Gasteiger partial charge in [0.15, 0.2) is 5.78 Å². The fourth-order valence-electron chi connectivity index (χ4n) is 0.729. The topological polar surface area (TPSA) is 32.9 Å². The maximum absolute atomic E-state index is 11.0. The molecular weight excluding hydrogens is 182 g/mol. The highest BCUT2D eigenvalue weighted by Gasteiger charge is 2.05. The van der Waals surface area contributed by atoms with Crippen LogP contribution in [0.25, 0.3) is 0 Å². The number of alkyl halides is 1. The summed E-state index contributed by atoms with van der Waals surface area (Å²) in [5, 5.41) is 0.985. The number of halogens is 1. The molecule has 0 unspecified atom stereocenters. The van der Waals surface area contributed by atoms with E-state index in [1.54, 1.807) is 17.8 Å². The first-order valence-electron chi connectivity index (χ1n) is 3.10. The van der Waals surface area contributed by atoms with Gasteiger partial charge in [-0.3, -0.25) is 4.79 Å². The molecule has 60 valence electrons. The molecule has 1 rings (SSSR count). The summed E-state index contributed by atoms with van der Waals surface area (Å²) in [4.78, 5) is 13.9. The predicted molar refractivity (Wildman–Crippen MR) is 47.6 cm³/mol.